The van der Waals surface area contributed by atoms with Gasteiger partial charge in [0.25, 0.3) is 0 Å². The summed E-state index contributed by atoms with van der Waals surface area (Å²) >= 11 is 0. The van der Waals surface area contributed by atoms with E-state index in [4.69, 9.17) is 5.73 Å². The molecule has 1 aliphatic heterocycles. The van der Waals surface area contributed by atoms with Crippen molar-refractivity contribution in [1.82, 2.24) is 4.90 Å². The maximum absolute atomic E-state index is 12.3. The predicted molar refractivity (Wildman–Crippen MR) is 59.5 cm³/mol. The normalized spacial score (nSPS) is 46.6. The Morgan fingerprint density at radius 2 is 2.00 bits per heavy atom. The highest BCUT2D eigenvalue weighted by Crippen LogP contribution is 2.48. The molecule has 5 unspecified atom stereocenters. The van der Waals surface area contributed by atoms with Crippen molar-refractivity contribution in [3.05, 3.63) is 0 Å². The van der Waals surface area contributed by atoms with E-state index in [0.29, 0.717) is 24.9 Å². The fourth-order valence-electron chi connectivity index (χ4n) is 3.86. The summed E-state index contributed by atoms with van der Waals surface area (Å²) in [7, 11) is 0. The number of amides is 1. The minimum atomic E-state index is -0.321. The third-order valence-electron chi connectivity index (χ3n) is 4.74. The van der Waals surface area contributed by atoms with E-state index < -0.39 is 0 Å². The Labute approximate surface area is 95.8 Å². The number of aliphatic hydroxyl groups excluding tert-OH is 1. The summed E-state index contributed by atoms with van der Waals surface area (Å²) in [6, 6.07) is 0.0731. The summed E-state index contributed by atoms with van der Waals surface area (Å²) in [6.07, 6.45) is 3.93. The second-order valence-corrected chi connectivity index (χ2v) is 5.66. The molecule has 4 nitrogen and oxygen atoms in total. The van der Waals surface area contributed by atoms with E-state index >= 15 is 0 Å². The second-order valence-electron chi connectivity index (χ2n) is 5.66. The van der Waals surface area contributed by atoms with Crippen LogP contribution in [0, 0.1) is 17.8 Å². The number of nitrogens with zero attached hydrogens (tertiary/aromatic N) is 1. The molecule has 3 rings (SSSR count). The summed E-state index contributed by atoms with van der Waals surface area (Å²) in [5, 5.41) is 9.46. The smallest absolute Gasteiger partial charge is 0.227 e. The first-order valence-electron chi connectivity index (χ1n) is 6.39. The molecule has 90 valence electrons. The molecule has 1 heterocycles. The molecule has 0 radical (unpaired) electrons. The third kappa shape index (κ3) is 1.47. The highest BCUT2D eigenvalue weighted by Gasteiger charge is 2.50. The Morgan fingerprint density at radius 1 is 1.25 bits per heavy atom. The summed E-state index contributed by atoms with van der Waals surface area (Å²) in [6.45, 7) is 1.22. The standard InChI is InChI=1S/C12H20N2O2/c13-11-8-2-1-7(5-8)10(11)12(16)14-4-3-9(15)6-14/h7-11,15H,1-6,13H2. The molecule has 5 atom stereocenters. The summed E-state index contributed by atoms with van der Waals surface area (Å²) in [5.74, 6) is 1.34. The molecule has 3 aliphatic rings. The third-order valence-corrected chi connectivity index (χ3v) is 4.74. The van der Waals surface area contributed by atoms with Crippen LogP contribution in [-0.4, -0.2) is 41.1 Å². The van der Waals surface area contributed by atoms with Crippen molar-refractivity contribution in [2.75, 3.05) is 13.1 Å². The molecule has 0 aromatic rings. The zero-order chi connectivity index (χ0) is 11.3. The minimum Gasteiger partial charge on any atom is -0.391 e. The van der Waals surface area contributed by atoms with Crippen LogP contribution in [0.4, 0.5) is 0 Å². The van der Waals surface area contributed by atoms with E-state index in [1.54, 1.807) is 0 Å². The van der Waals surface area contributed by atoms with Crippen LogP contribution >= 0.6 is 0 Å². The van der Waals surface area contributed by atoms with Crippen molar-refractivity contribution in [1.29, 1.82) is 0 Å². The number of hydrogen-bond donors (Lipinski definition) is 2. The van der Waals surface area contributed by atoms with Gasteiger partial charge in [-0.15, -0.1) is 0 Å². The molecule has 1 saturated heterocycles. The zero-order valence-corrected chi connectivity index (χ0v) is 9.51. The van der Waals surface area contributed by atoms with Gasteiger partial charge < -0.3 is 15.7 Å². The lowest BCUT2D eigenvalue weighted by Gasteiger charge is -2.30. The lowest BCUT2D eigenvalue weighted by atomic mass is 9.84. The number of β-amino-alcohol motifs (C(OH)–C–C–N with tert-alkyl or cyclic N) is 1. The number of rotatable bonds is 1. The summed E-state index contributed by atoms with van der Waals surface area (Å²) in [5.41, 5.74) is 6.16. The minimum absolute atomic E-state index is 0.0454. The molecule has 1 amide bonds. The fourth-order valence-corrected chi connectivity index (χ4v) is 3.86. The Kier molecular flexibility index (Phi) is 2.44. The van der Waals surface area contributed by atoms with Gasteiger partial charge in [0.15, 0.2) is 0 Å². The molecule has 2 aliphatic carbocycles. The van der Waals surface area contributed by atoms with Gasteiger partial charge in [-0.3, -0.25) is 4.79 Å². The van der Waals surface area contributed by atoms with Gasteiger partial charge in [-0.25, -0.2) is 0 Å². The van der Waals surface area contributed by atoms with E-state index in [9.17, 15) is 9.90 Å². The van der Waals surface area contributed by atoms with Crippen LogP contribution in [0.25, 0.3) is 0 Å². The number of carbonyl (C=O) groups is 1. The Bertz CT molecular complexity index is 305. The van der Waals surface area contributed by atoms with Gasteiger partial charge >= 0.3 is 0 Å². The van der Waals surface area contributed by atoms with Gasteiger partial charge in [-0.2, -0.15) is 0 Å². The zero-order valence-electron chi connectivity index (χ0n) is 9.51. The Hall–Kier alpha value is -0.610. The molecule has 2 saturated carbocycles. The average molecular weight is 224 g/mol. The molecule has 3 N–H and O–H groups in total. The highest BCUT2D eigenvalue weighted by molar-refractivity contribution is 5.81. The summed E-state index contributed by atoms with van der Waals surface area (Å²) in [4.78, 5) is 14.1. The molecule has 0 aromatic carbocycles. The molecule has 4 heteroatoms. The van der Waals surface area contributed by atoms with Crippen molar-refractivity contribution in [3.8, 4) is 0 Å². The van der Waals surface area contributed by atoms with Crippen LogP contribution in [0.15, 0.2) is 0 Å². The maximum Gasteiger partial charge on any atom is 0.227 e. The Morgan fingerprint density at radius 3 is 2.56 bits per heavy atom. The van der Waals surface area contributed by atoms with Crippen LogP contribution < -0.4 is 5.73 Å². The first kappa shape index (κ1) is 10.5. The number of aliphatic hydroxyl groups is 1. The number of hydrogen-bond acceptors (Lipinski definition) is 3. The van der Waals surface area contributed by atoms with Gasteiger partial charge in [0.1, 0.15) is 0 Å². The Balaban J connectivity index is 1.71. The number of carbonyl (C=O) groups excluding carboxylic acids is 1. The lowest BCUT2D eigenvalue weighted by Crippen LogP contribution is -2.46. The highest BCUT2D eigenvalue weighted by atomic mass is 16.3. The first-order chi connectivity index (χ1) is 7.66. The van der Waals surface area contributed by atoms with Crippen LogP contribution in [0.3, 0.4) is 0 Å². The topological polar surface area (TPSA) is 66.6 Å². The average Bonchev–Trinajstić information content (AvgIpc) is 2.92. The van der Waals surface area contributed by atoms with E-state index in [1.165, 1.54) is 12.8 Å². The van der Waals surface area contributed by atoms with E-state index in [0.717, 1.165) is 12.8 Å². The molecule has 2 bridgehead atoms. The van der Waals surface area contributed by atoms with E-state index in [1.807, 2.05) is 4.90 Å². The van der Waals surface area contributed by atoms with Crippen LogP contribution in [0.1, 0.15) is 25.7 Å². The lowest BCUT2D eigenvalue weighted by molar-refractivity contribution is -0.137. The van der Waals surface area contributed by atoms with Gasteiger partial charge in [-0.05, 0) is 37.5 Å². The quantitative estimate of drug-likeness (QED) is 0.656. The molecule has 16 heavy (non-hydrogen) atoms. The van der Waals surface area contributed by atoms with Gasteiger partial charge in [0, 0.05) is 19.1 Å². The van der Waals surface area contributed by atoms with Gasteiger partial charge in [0.2, 0.25) is 5.91 Å². The molecular weight excluding hydrogens is 204 g/mol. The van der Waals surface area contributed by atoms with Crippen molar-refractivity contribution in [3.63, 3.8) is 0 Å². The predicted octanol–water partition coefficient (Wildman–Crippen LogP) is -0.0470. The van der Waals surface area contributed by atoms with Crippen molar-refractivity contribution in [2.45, 2.75) is 37.8 Å². The molecule has 3 fully saturated rings. The molecular formula is C12H20N2O2. The van der Waals surface area contributed by atoms with Gasteiger partial charge in [-0.1, -0.05) is 0 Å². The number of likely N-dealkylation sites (tertiary alicyclic amines) is 1. The van der Waals surface area contributed by atoms with Crippen LogP contribution in [0.5, 0.6) is 0 Å². The first-order valence-corrected chi connectivity index (χ1v) is 6.39. The monoisotopic (exact) mass is 224 g/mol. The largest absolute Gasteiger partial charge is 0.391 e. The number of fused-ring (bicyclic) bond motifs is 2. The molecule has 0 aromatic heterocycles. The summed E-state index contributed by atoms with van der Waals surface area (Å²) < 4.78 is 0. The van der Waals surface area contributed by atoms with E-state index in [-0.39, 0.29) is 24.0 Å². The maximum atomic E-state index is 12.3. The van der Waals surface area contributed by atoms with Crippen LogP contribution in [-0.2, 0) is 4.79 Å². The SMILES string of the molecule is NC1C2CCC(C2)C1C(=O)N1CCC(O)C1. The van der Waals surface area contributed by atoms with Crippen molar-refractivity contribution in [2.24, 2.45) is 23.5 Å². The molecule has 0 spiro atoms. The fraction of sp³-hybridized carbons (Fsp3) is 0.917. The van der Waals surface area contributed by atoms with Crippen molar-refractivity contribution < 1.29 is 9.90 Å². The van der Waals surface area contributed by atoms with Crippen molar-refractivity contribution >= 4 is 5.91 Å². The van der Waals surface area contributed by atoms with Crippen LogP contribution in [0.2, 0.25) is 0 Å². The van der Waals surface area contributed by atoms with E-state index in [2.05, 4.69) is 0 Å². The second kappa shape index (κ2) is 3.70. The van der Waals surface area contributed by atoms with Gasteiger partial charge in [0.05, 0.1) is 12.0 Å². The number of nitrogens with two attached hydrogens (primary N) is 1.